The number of carbonyl (C=O) groups excluding carboxylic acids is 2. The number of rotatable bonds is 6. The van der Waals surface area contributed by atoms with Gasteiger partial charge in [-0.05, 0) is 44.9 Å². The van der Waals surface area contributed by atoms with E-state index in [-0.39, 0.29) is 24.2 Å². The van der Waals surface area contributed by atoms with Crippen LogP contribution in [-0.2, 0) is 16.0 Å². The Hall–Kier alpha value is -2.99. The summed E-state index contributed by atoms with van der Waals surface area (Å²) in [4.78, 5) is 29.3. The molecule has 0 bridgehead atoms. The van der Waals surface area contributed by atoms with Gasteiger partial charge in [0.05, 0.1) is 11.6 Å². The molecule has 1 atom stereocenters. The first-order valence-electron chi connectivity index (χ1n) is 9.87. The van der Waals surface area contributed by atoms with E-state index in [0.717, 1.165) is 42.8 Å². The molecule has 1 aliphatic heterocycles. The fourth-order valence-electron chi connectivity index (χ4n) is 3.82. The van der Waals surface area contributed by atoms with Crippen LogP contribution in [-0.4, -0.2) is 40.6 Å². The Bertz CT molecular complexity index is 1060. The Kier molecular flexibility index (Phi) is 5.45. The molecule has 2 aromatic heterocycles. The smallest absolute Gasteiger partial charge is 0.357 e. The van der Waals surface area contributed by atoms with E-state index in [0.29, 0.717) is 11.1 Å². The summed E-state index contributed by atoms with van der Waals surface area (Å²) in [5, 5.41) is 0.943. The second-order valence-electron chi connectivity index (χ2n) is 7.42. The van der Waals surface area contributed by atoms with Gasteiger partial charge in [0.25, 0.3) is 0 Å². The molecule has 0 unspecified atom stereocenters. The van der Waals surface area contributed by atoms with Gasteiger partial charge in [-0.15, -0.1) is 0 Å². The predicted octanol–water partition coefficient (Wildman–Crippen LogP) is 3.87. The lowest BCUT2D eigenvalue weighted by Crippen LogP contribution is -2.18. The van der Waals surface area contributed by atoms with E-state index >= 15 is 0 Å². The number of aryl methyl sites for hydroxylation is 1. The first kappa shape index (κ1) is 19.3. The van der Waals surface area contributed by atoms with E-state index in [9.17, 15) is 9.59 Å². The SMILES string of the molecule is Cc1cc(C(=O)COC(=O)c2ccc3ccccc3n2)c(C)n1C[C@@H]1CCCO1. The zero-order valence-corrected chi connectivity index (χ0v) is 16.7. The van der Waals surface area contributed by atoms with Gasteiger partial charge in [-0.25, -0.2) is 9.78 Å². The van der Waals surface area contributed by atoms with E-state index in [2.05, 4.69) is 9.55 Å². The number of ether oxygens (including phenoxy) is 2. The third-order valence-corrected chi connectivity index (χ3v) is 5.43. The van der Waals surface area contributed by atoms with Crippen LogP contribution in [0.25, 0.3) is 10.9 Å². The molecule has 0 saturated carbocycles. The monoisotopic (exact) mass is 392 g/mol. The Morgan fingerprint density at radius 3 is 2.83 bits per heavy atom. The molecule has 3 heterocycles. The normalized spacial score (nSPS) is 16.3. The number of para-hydroxylation sites is 1. The Balaban J connectivity index is 1.43. The van der Waals surface area contributed by atoms with Crippen LogP contribution in [0, 0.1) is 13.8 Å². The van der Waals surface area contributed by atoms with E-state index < -0.39 is 5.97 Å². The van der Waals surface area contributed by atoms with E-state index in [1.807, 2.05) is 50.2 Å². The molecule has 1 aromatic carbocycles. The average molecular weight is 392 g/mol. The average Bonchev–Trinajstić information content (AvgIpc) is 3.35. The molecule has 0 radical (unpaired) electrons. The van der Waals surface area contributed by atoms with Gasteiger partial charge in [0, 0.05) is 35.5 Å². The maximum atomic E-state index is 12.7. The molecule has 29 heavy (non-hydrogen) atoms. The van der Waals surface area contributed by atoms with Gasteiger partial charge in [-0.1, -0.05) is 24.3 Å². The molecule has 0 aliphatic carbocycles. The summed E-state index contributed by atoms with van der Waals surface area (Å²) in [7, 11) is 0. The molecule has 150 valence electrons. The first-order chi connectivity index (χ1) is 14.0. The van der Waals surface area contributed by atoms with Gasteiger partial charge in [0.15, 0.2) is 6.61 Å². The lowest BCUT2D eigenvalue weighted by molar-refractivity contribution is 0.0469. The number of fused-ring (bicyclic) bond motifs is 1. The van der Waals surface area contributed by atoms with Crippen molar-refractivity contribution in [2.45, 2.75) is 39.3 Å². The highest BCUT2D eigenvalue weighted by atomic mass is 16.5. The van der Waals surface area contributed by atoms with Crippen LogP contribution in [0.2, 0.25) is 0 Å². The van der Waals surface area contributed by atoms with Crippen molar-refractivity contribution in [2.75, 3.05) is 13.2 Å². The van der Waals surface area contributed by atoms with Crippen LogP contribution in [0.4, 0.5) is 0 Å². The molecule has 6 nitrogen and oxygen atoms in total. The predicted molar refractivity (Wildman–Crippen MR) is 109 cm³/mol. The van der Waals surface area contributed by atoms with Crippen molar-refractivity contribution in [2.24, 2.45) is 0 Å². The van der Waals surface area contributed by atoms with Crippen LogP contribution < -0.4 is 0 Å². The van der Waals surface area contributed by atoms with Crippen LogP contribution in [0.5, 0.6) is 0 Å². The minimum Gasteiger partial charge on any atom is -0.453 e. The van der Waals surface area contributed by atoms with Crippen LogP contribution >= 0.6 is 0 Å². The molecular formula is C23H24N2O4. The lowest BCUT2D eigenvalue weighted by atomic mass is 10.1. The molecular weight excluding hydrogens is 368 g/mol. The zero-order chi connectivity index (χ0) is 20.4. The third kappa shape index (κ3) is 4.07. The van der Waals surface area contributed by atoms with Crippen molar-refractivity contribution in [1.82, 2.24) is 9.55 Å². The Labute approximate surface area is 169 Å². The second kappa shape index (κ2) is 8.17. The molecule has 1 aliphatic rings. The van der Waals surface area contributed by atoms with Crippen molar-refractivity contribution in [3.05, 3.63) is 65.1 Å². The fourth-order valence-corrected chi connectivity index (χ4v) is 3.82. The summed E-state index contributed by atoms with van der Waals surface area (Å²) in [6.45, 7) is 5.13. The largest absolute Gasteiger partial charge is 0.453 e. The number of hydrogen-bond donors (Lipinski definition) is 0. The molecule has 1 saturated heterocycles. The number of pyridine rings is 1. The highest BCUT2D eigenvalue weighted by Gasteiger charge is 2.22. The number of aromatic nitrogens is 2. The van der Waals surface area contributed by atoms with Crippen molar-refractivity contribution in [3.63, 3.8) is 0 Å². The molecule has 0 amide bonds. The fraction of sp³-hybridized carbons (Fsp3) is 0.348. The van der Waals surface area contributed by atoms with Crippen LogP contribution in [0.3, 0.4) is 0 Å². The standard InChI is InChI=1S/C23H24N2O4/c1-15-12-19(16(2)25(15)13-18-7-5-11-28-18)22(26)14-29-23(27)21-10-9-17-6-3-4-8-20(17)24-21/h3-4,6,8-10,12,18H,5,7,11,13-14H2,1-2H3/t18-/m0/s1. The molecule has 0 N–H and O–H groups in total. The summed E-state index contributed by atoms with van der Waals surface area (Å²) in [6, 6.07) is 12.8. The summed E-state index contributed by atoms with van der Waals surface area (Å²) in [5.41, 5.74) is 3.37. The summed E-state index contributed by atoms with van der Waals surface area (Å²) >= 11 is 0. The third-order valence-electron chi connectivity index (χ3n) is 5.43. The number of hydrogen-bond acceptors (Lipinski definition) is 5. The summed E-state index contributed by atoms with van der Waals surface area (Å²) in [5.74, 6) is -0.817. The van der Waals surface area contributed by atoms with Gasteiger partial charge in [-0.2, -0.15) is 0 Å². The van der Waals surface area contributed by atoms with Gasteiger partial charge in [-0.3, -0.25) is 4.79 Å². The van der Waals surface area contributed by atoms with Crippen LogP contribution in [0.1, 0.15) is 45.1 Å². The maximum absolute atomic E-state index is 12.7. The molecule has 4 rings (SSSR count). The molecule has 3 aromatic rings. The highest BCUT2D eigenvalue weighted by Crippen LogP contribution is 2.21. The van der Waals surface area contributed by atoms with Crippen LogP contribution in [0.15, 0.2) is 42.5 Å². The van der Waals surface area contributed by atoms with Crippen molar-refractivity contribution >= 4 is 22.7 Å². The lowest BCUT2D eigenvalue weighted by Gasteiger charge is -2.14. The number of carbonyl (C=O) groups is 2. The zero-order valence-electron chi connectivity index (χ0n) is 16.7. The van der Waals surface area contributed by atoms with Gasteiger partial charge in [0.1, 0.15) is 5.69 Å². The van der Waals surface area contributed by atoms with E-state index in [1.54, 1.807) is 6.07 Å². The van der Waals surface area contributed by atoms with Crippen molar-refractivity contribution in [1.29, 1.82) is 0 Å². The number of benzene rings is 1. The molecule has 1 fully saturated rings. The van der Waals surface area contributed by atoms with Crippen molar-refractivity contribution < 1.29 is 19.1 Å². The Morgan fingerprint density at radius 1 is 1.21 bits per heavy atom. The number of esters is 1. The summed E-state index contributed by atoms with van der Waals surface area (Å²) in [6.07, 6.45) is 2.31. The van der Waals surface area contributed by atoms with Gasteiger partial charge >= 0.3 is 5.97 Å². The number of Topliss-reactive ketones (excluding diaryl/α,β-unsaturated/α-hetero) is 1. The first-order valence-corrected chi connectivity index (χ1v) is 9.87. The number of ketones is 1. The second-order valence-corrected chi connectivity index (χ2v) is 7.42. The molecule has 0 spiro atoms. The Morgan fingerprint density at radius 2 is 2.03 bits per heavy atom. The minimum atomic E-state index is -0.600. The molecule has 6 heteroatoms. The van der Waals surface area contributed by atoms with Gasteiger partial charge < -0.3 is 14.0 Å². The maximum Gasteiger partial charge on any atom is 0.357 e. The minimum absolute atomic E-state index is 0.194. The topological polar surface area (TPSA) is 70.4 Å². The highest BCUT2D eigenvalue weighted by molar-refractivity contribution is 6.00. The summed E-state index contributed by atoms with van der Waals surface area (Å²) < 4.78 is 13.1. The van der Waals surface area contributed by atoms with Gasteiger partial charge in [0.2, 0.25) is 5.78 Å². The van der Waals surface area contributed by atoms with E-state index in [1.165, 1.54) is 0 Å². The quantitative estimate of drug-likeness (QED) is 0.470. The van der Waals surface area contributed by atoms with Crippen molar-refractivity contribution in [3.8, 4) is 0 Å². The number of nitrogens with zero attached hydrogens (tertiary/aromatic N) is 2. The van der Waals surface area contributed by atoms with E-state index in [4.69, 9.17) is 9.47 Å².